The third-order valence-electron chi connectivity index (χ3n) is 5.72. The number of esters is 2. The van der Waals surface area contributed by atoms with E-state index in [9.17, 15) is 19.2 Å². The van der Waals surface area contributed by atoms with Crippen molar-refractivity contribution in [3.8, 4) is 0 Å². The van der Waals surface area contributed by atoms with E-state index in [0.29, 0.717) is 22.2 Å². The lowest BCUT2D eigenvalue weighted by molar-refractivity contribution is -0.165. The second-order valence-corrected chi connectivity index (χ2v) is 7.58. The highest BCUT2D eigenvalue weighted by Gasteiger charge is 2.66. The van der Waals surface area contributed by atoms with Crippen molar-refractivity contribution < 1.29 is 28.3 Å². The van der Waals surface area contributed by atoms with E-state index in [1.807, 2.05) is 6.07 Å². The molecular weight excluding hydrogens is 426 g/mol. The normalized spacial score (nSPS) is 17.2. The summed E-state index contributed by atoms with van der Waals surface area (Å²) < 4.78 is 15.9. The van der Waals surface area contributed by atoms with Crippen molar-refractivity contribution in [3.63, 3.8) is 0 Å². The molecule has 170 valence electrons. The SMILES string of the molecule is CCOC(=O)C1(C(=O)OCC)C(c2ccccc2)CC(=O)N1c1ccc2oc(=O)ccc2c1. The Labute approximate surface area is 189 Å². The van der Waals surface area contributed by atoms with E-state index in [1.165, 1.54) is 23.1 Å². The van der Waals surface area contributed by atoms with Crippen LogP contribution < -0.4 is 10.5 Å². The van der Waals surface area contributed by atoms with Crippen molar-refractivity contribution in [1.82, 2.24) is 0 Å². The molecule has 8 heteroatoms. The maximum absolute atomic E-state index is 13.5. The van der Waals surface area contributed by atoms with Crippen molar-refractivity contribution in [2.24, 2.45) is 0 Å². The van der Waals surface area contributed by atoms with Gasteiger partial charge in [0.15, 0.2) is 0 Å². The van der Waals surface area contributed by atoms with Gasteiger partial charge in [-0.25, -0.2) is 14.4 Å². The maximum atomic E-state index is 13.5. The fourth-order valence-corrected chi connectivity index (χ4v) is 4.39. The molecule has 8 nitrogen and oxygen atoms in total. The number of carbonyl (C=O) groups excluding carboxylic acids is 3. The third-order valence-corrected chi connectivity index (χ3v) is 5.72. The summed E-state index contributed by atoms with van der Waals surface area (Å²) in [5.74, 6) is -2.97. The summed E-state index contributed by atoms with van der Waals surface area (Å²) in [4.78, 5) is 53.2. The molecule has 2 aromatic carbocycles. The maximum Gasteiger partial charge on any atom is 0.344 e. The van der Waals surface area contributed by atoms with Gasteiger partial charge < -0.3 is 13.9 Å². The van der Waals surface area contributed by atoms with E-state index < -0.39 is 34.9 Å². The van der Waals surface area contributed by atoms with Gasteiger partial charge in [0.1, 0.15) is 5.58 Å². The quantitative estimate of drug-likeness (QED) is 0.323. The molecule has 0 radical (unpaired) electrons. The van der Waals surface area contributed by atoms with E-state index in [0.717, 1.165) is 0 Å². The first-order chi connectivity index (χ1) is 15.9. The first kappa shape index (κ1) is 22.3. The van der Waals surface area contributed by atoms with E-state index in [1.54, 1.807) is 50.2 Å². The van der Waals surface area contributed by atoms with Crippen LogP contribution in [-0.4, -0.2) is 36.6 Å². The van der Waals surface area contributed by atoms with Crippen LogP contribution in [0.1, 0.15) is 31.7 Å². The summed E-state index contributed by atoms with van der Waals surface area (Å²) in [5.41, 5.74) is -1.31. The van der Waals surface area contributed by atoms with Crippen LogP contribution in [0.2, 0.25) is 0 Å². The summed E-state index contributed by atoms with van der Waals surface area (Å²) in [7, 11) is 0. The number of rotatable bonds is 6. The number of nitrogens with zero attached hydrogens (tertiary/aromatic N) is 1. The lowest BCUT2D eigenvalue weighted by atomic mass is 9.79. The summed E-state index contributed by atoms with van der Waals surface area (Å²) in [6, 6.07) is 16.4. The Morgan fingerprint density at radius 2 is 1.64 bits per heavy atom. The molecule has 1 atom stereocenters. The zero-order chi connectivity index (χ0) is 23.6. The number of benzene rings is 2. The van der Waals surface area contributed by atoms with Gasteiger partial charge in [-0.05, 0) is 43.7 Å². The summed E-state index contributed by atoms with van der Waals surface area (Å²) in [6.07, 6.45) is -0.0937. The van der Waals surface area contributed by atoms with Crippen LogP contribution in [0.15, 0.2) is 69.9 Å². The van der Waals surface area contributed by atoms with Gasteiger partial charge in [-0.15, -0.1) is 0 Å². The molecule has 1 unspecified atom stereocenters. The molecule has 1 aliphatic heterocycles. The van der Waals surface area contributed by atoms with E-state index in [-0.39, 0.29) is 19.6 Å². The molecule has 3 aromatic rings. The molecule has 1 saturated heterocycles. The monoisotopic (exact) mass is 449 g/mol. The zero-order valence-electron chi connectivity index (χ0n) is 18.3. The van der Waals surface area contributed by atoms with E-state index in [4.69, 9.17) is 13.9 Å². The number of ether oxygens (including phenoxy) is 2. The molecule has 1 aromatic heterocycles. The highest BCUT2D eigenvalue weighted by Crippen LogP contribution is 2.47. The van der Waals surface area contributed by atoms with Crippen molar-refractivity contribution >= 4 is 34.5 Å². The molecule has 0 bridgehead atoms. The topological polar surface area (TPSA) is 103 Å². The minimum Gasteiger partial charge on any atom is -0.464 e. The summed E-state index contributed by atoms with van der Waals surface area (Å²) >= 11 is 0. The molecule has 2 heterocycles. The van der Waals surface area contributed by atoms with Gasteiger partial charge in [-0.2, -0.15) is 0 Å². The van der Waals surface area contributed by atoms with Crippen molar-refractivity contribution in [1.29, 1.82) is 0 Å². The average molecular weight is 449 g/mol. The molecule has 1 fully saturated rings. The van der Waals surface area contributed by atoms with Gasteiger partial charge in [0.05, 0.1) is 13.2 Å². The molecule has 0 saturated carbocycles. The number of amides is 1. The number of carbonyl (C=O) groups is 3. The van der Waals surface area contributed by atoms with Gasteiger partial charge in [-0.3, -0.25) is 9.69 Å². The van der Waals surface area contributed by atoms with Gasteiger partial charge in [-0.1, -0.05) is 30.3 Å². The summed E-state index contributed by atoms with van der Waals surface area (Å²) in [6.45, 7) is 3.31. The molecule has 0 aliphatic carbocycles. The number of hydrogen-bond donors (Lipinski definition) is 0. The van der Waals surface area contributed by atoms with Crippen LogP contribution in [0.5, 0.6) is 0 Å². The fraction of sp³-hybridized carbons (Fsp3) is 0.280. The smallest absolute Gasteiger partial charge is 0.344 e. The van der Waals surface area contributed by atoms with Crippen LogP contribution in [0.25, 0.3) is 11.0 Å². The van der Waals surface area contributed by atoms with Gasteiger partial charge >= 0.3 is 17.6 Å². The first-order valence-electron chi connectivity index (χ1n) is 10.7. The molecule has 4 rings (SSSR count). The molecule has 1 amide bonds. The summed E-state index contributed by atoms with van der Waals surface area (Å²) in [5, 5.41) is 0.532. The Bertz CT molecular complexity index is 1250. The molecule has 0 N–H and O–H groups in total. The first-order valence-corrected chi connectivity index (χ1v) is 10.7. The Kier molecular flexibility index (Phi) is 6.00. The predicted octanol–water partition coefficient (Wildman–Crippen LogP) is 3.18. The number of anilines is 1. The second kappa shape index (κ2) is 8.90. The van der Waals surface area contributed by atoms with Crippen molar-refractivity contribution in [3.05, 3.63) is 76.6 Å². The van der Waals surface area contributed by atoms with Crippen LogP contribution in [0, 0.1) is 0 Å². The van der Waals surface area contributed by atoms with Gasteiger partial charge in [0.25, 0.3) is 0 Å². The molecular formula is C25H23NO7. The Morgan fingerprint density at radius 1 is 0.970 bits per heavy atom. The predicted molar refractivity (Wildman–Crippen MR) is 120 cm³/mol. The van der Waals surface area contributed by atoms with Crippen molar-refractivity contribution in [2.75, 3.05) is 18.1 Å². The highest BCUT2D eigenvalue weighted by atomic mass is 16.6. The number of hydrogen-bond acceptors (Lipinski definition) is 7. The van der Waals surface area contributed by atoms with Crippen molar-refractivity contribution in [2.45, 2.75) is 31.7 Å². The van der Waals surface area contributed by atoms with Crippen LogP contribution in [0.4, 0.5) is 5.69 Å². The second-order valence-electron chi connectivity index (χ2n) is 7.58. The number of fused-ring (bicyclic) bond motifs is 1. The van der Waals surface area contributed by atoms with Crippen LogP contribution in [0.3, 0.4) is 0 Å². The Hall–Kier alpha value is -3.94. The highest BCUT2D eigenvalue weighted by molar-refractivity contribution is 6.20. The van der Waals surface area contributed by atoms with E-state index >= 15 is 0 Å². The molecule has 1 aliphatic rings. The molecule has 0 spiro atoms. The minimum atomic E-state index is -2.05. The molecule has 33 heavy (non-hydrogen) atoms. The standard InChI is InChI=1S/C25H23NO7/c1-3-31-23(29)25(24(30)32-4-2)19(16-8-6-5-7-9-16)15-21(27)26(25)18-11-12-20-17(14-18)10-13-22(28)33-20/h5-14,19H,3-4,15H2,1-2H3. The lowest BCUT2D eigenvalue weighted by Gasteiger charge is -2.37. The largest absolute Gasteiger partial charge is 0.464 e. The van der Waals surface area contributed by atoms with Gasteiger partial charge in [0.2, 0.25) is 11.4 Å². The average Bonchev–Trinajstić information content (AvgIpc) is 3.13. The minimum absolute atomic E-state index is 0.0202. The van der Waals surface area contributed by atoms with E-state index in [2.05, 4.69) is 0 Å². The Morgan fingerprint density at radius 3 is 2.27 bits per heavy atom. The fourth-order valence-electron chi connectivity index (χ4n) is 4.39. The lowest BCUT2D eigenvalue weighted by Crippen LogP contribution is -2.62. The third kappa shape index (κ3) is 3.67. The van der Waals surface area contributed by atoms with Crippen LogP contribution >= 0.6 is 0 Å². The van der Waals surface area contributed by atoms with Crippen LogP contribution in [-0.2, 0) is 23.9 Å². The Balaban J connectivity index is 1.97. The zero-order valence-corrected chi connectivity index (χ0v) is 18.3. The van der Waals surface area contributed by atoms with Gasteiger partial charge in [0, 0.05) is 29.5 Å².